The summed E-state index contributed by atoms with van der Waals surface area (Å²) in [7, 11) is -1.64. The summed E-state index contributed by atoms with van der Waals surface area (Å²) >= 11 is 3.52. The Hall–Kier alpha value is -1.70. The number of sulfone groups is 1. The first-order valence-electron chi connectivity index (χ1n) is 11.4. The normalized spacial score (nSPS) is 24.2. The Balaban J connectivity index is 1.63. The highest BCUT2D eigenvalue weighted by Crippen LogP contribution is 2.37. The van der Waals surface area contributed by atoms with E-state index in [2.05, 4.69) is 33.1 Å². The third-order valence-corrected chi connectivity index (χ3v) is 9.52. The molecule has 2 aromatic rings. The maximum Gasteiger partial charge on any atom is 0.181 e. The van der Waals surface area contributed by atoms with Crippen LogP contribution in [-0.2, 0) is 14.6 Å². The van der Waals surface area contributed by atoms with Crippen LogP contribution in [0.3, 0.4) is 0 Å². The molecule has 5 nitrogen and oxygen atoms in total. The van der Waals surface area contributed by atoms with Gasteiger partial charge in [-0.1, -0.05) is 52.7 Å². The number of benzene rings is 2. The maximum absolute atomic E-state index is 13.4. The van der Waals surface area contributed by atoms with Gasteiger partial charge in [-0.2, -0.15) is 5.10 Å². The van der Waals surface area contributed by atoms with E-state index in [9.17, 15) is 8.42 Å². The minimum absolute atomic E-state index is 0.0612. The van der Waals surface area contributed by atoms with Crippen LogP contribution in [0.4, 0.5) is 0 Å². The first-order valence-corrected chi connectivity index (χ1v) is 13.7. The Morgan fingerprint density at radius 3 is 2.53 bits per heavy atom. The number of ether oxygens (including phenoxy) is 1. The lowest BCUT2D eigenvalue weighted by atomic mass is 9.96. The second-order valence-electron chi connectivity index (χ2n) is 8.76. The molecule has 0 unspecified atom stereocenters. The van der Waals surface area contributed by atoms with Crippen molar-refractivity contribution in [2.45, 2.75) is 54.7 Å². The molecular formula is C25H31BrN2O3S. The molecule has 172 valence electrons. The van der Waals surface area contributed by atoms with Crippen molar-refractivity contribution in [2.75, 3.05) is 20.3 Å². The molecule has 0 radical (unpaired) electrons. The van der Waals surface area contributed by atoms with Gasteiger partial charge in [0.2, 0.25) is 0 Å². The van der Waals surface area contributed by atoms with Gasteiger partial charge < -0.3 is 4.74 Å². The van der Waals surface area contributed by atoms with Crippen LogP contribution in [0.25, 0.3) is 0 Å². The van der Waals surface area contributed by atoms with Gasteiger partial charge in [-0.15, -0.1) is 0 Å². The zero-order valence-corrected chi connectivity index (χ0v) is 20.9. The van der Waals surface area contributed by atoms with Crippen LogP contribution in [0.2, 0.25) is 0 Å². The van der Waals surface area contributed by atoms with Crippen molar-refractivity contribution in [1.82, 2.24) is 5.01 Å². The van der Waals surface area contributed by atoms with Crippen molar-refractivity contribution in [3.8, 4) is 0 Å². The molecule has 1 aliphatic carbocycles. The highest BCUT2D eigenvalue weighted by Gasteiger charge is 2.39. The van der Waals surface area contributed by atoms with E-state index in [1.807, 2.05) is 18.2 Å². The Bertz CT molecular complexity index is 1020. The molecule has 1 heterocycles. The molecule has 2 fully saturated rings. The van der Waals surface area contributed by atoms with Gasteiger partial charge in [0.1, 0.15) is 0 Å². The lowest BCUT2D eigenvalue weighted by molar-refractivity contribution is 0.117. The van der Waals surface area contributed by atoms with Gasteiger partial charge in [-0.25, -0.2) is 8.42 Å². The van der Waals surface area contributed by atoms with E-state index in [0.717, 1.165) is 48.0 Å². The Kier molecular flexibility index (Phi) is 7.69. The molecular weight excluding hydrogens is 488 g/mol. The van der Waals surface area contributed by atoms with Gasteiger partial charge in [-0.05, 0) is 67.9 Å². The van der Waals surface area contributed by atoms with E-state index >= 15 is 0 Å². The zero-order valence-electron chi connectivity index (χ0n) is 18.5. The third kappa shape index (κ3) is 5.26. The fourth-order valence-electron chi connectivity index (χ4n) is 5.01. The molecule has 1 saturated heterocycles. The van der Waals surface area contributed by atoms with Crippen LogP contribution in [-0.4, -0.2) is 50.7 Å². The molecule has 0 spiro atoms. The largest absolute Gasteiger partial charge is 0.382 e. The number of halogens is 1. The molecule has 32 heavy (non-hydrogen) atoms. The van der Waals surface area contributed by atoms with Crippen molar-refractivity contribution in [1.29, 1.82) is 0 Å². The minimum atomic E-state index is -3.37. The quantitative estimate of drug-likeness (QED) is 0.445. The van der Waals surface area contributed by atoms with Gasteiger partial charge in [0, 0.05) is 18.1 Å². The lowest BCUT2D eigenvalue weighted by Crippen LogP contribution is -2.31. The maximum atomic E-state index is 13.4. The average Bonchev–Trinajstić information content (AvgIpc) is 3.45. The lowest BCUT2D eigenvalue weighted by Gasteiger charge is -2.25. The average molecular weight is 520 g/mol. The Morgan fingerprint density at radius 1 is 1.06 bits per heavy atom. The van der Waals surface area contributed by atoms with Crippen molar-refractivity contribution < 1.29 is 13.2 Å². The third-order valence-electron chi connectivity index (χ3n) is 6.65. The van der Waals surface area contributed by atoms with Crippen LogP contribution in [0.5, 0.6) is 0 Å². The molecule has 1 saturated carbocycles. The van der Waals surface area contributed by atoms with Crippen molar-refractivity contribution >= 4 is 31.5 Å². The number of hydrogen-bond acceptors (Lipinski definition) is 5. The molecule has 2 aromatic carbocycles. The van der Waals surface area contributed by atoms with E-state index < -0.39 is 9.84 Å². The van der Waals surface area contributed by atoms with E-state index in [4.69, 9.17) is 9.84 Å². The van der Waals surface area contributed by atoms with Crippen molar-refractivity contribution in [3.63, 3.8) is 0 Å². The summed E-state index contributed by atoms with van der Waals surface area (Å²) in [5.41, 5.74) is 2.03. The van der Waals surface area contributed by atoms with Gasteiger partial charge in [0.15, 0.2) is 9.84 Å². The van der Waals surface area contributed by atoms with E-state index in [1.165, 1.54) is 0 Å². The molecule has 0 aromatic heterocycles. The van der Waals surface area contributed by atoms with Crippen LogP contribution in [0.15, 0.2) is 69.1 Å². The molecule has 4 rings (SSSR count). The van der Waals surface area contributed by atoms with Crippen molar-refractivity contribution in [2.24, 2.45) is 11.0 Å². The predicted molar refractivity (Wildman–Crippen MR) is 132 cm³/mol. The number of rotatable bonds is 8. The number of nitrogens with zero attached hydrogens (tertiary/aromatic N) is 2. The Morgan fingerprint density at radius 2 is 1.81 bits per heavy atom. The number of hydrogen-bond donors (Lipinski definition) is 0. The summed E-state index contributed by atoms with van der Waals surface area (Å²) in [5.74, 6) is 0.0612. The summed E-state index contributed by atoms with van der Waals surface area (Å²) in [6, 6.07) is 17.3. The fourth-order valence-corrected chi connectivity index (χ4v) is 7.37. The standard InChI is InChI=1S/C25H31BrN2O3S/c1-31-18-22-8-6-16-28(22)27-24(19-12-14-21(26)15-13-19)17-20-7-5-11-25(20)32(29,30)23-9-3-2-4-10-23/h2-4,9-10,12-15,20,22,25H,5-8,11,16-18H2,1H3/b27-24+/t20-,22+,25+/m1/s1. The molecule has 0 bridgehead atoms. The highest BCUT2D eigenvalue weighted by atomic mass is 79.9. The molecule has 1 aliphatic heterocycles. The second kappa shape index (κ2) is 10.5. The monoisotopic (exact) mass is 518 g/mol. The van der Waals surface area contributed by atoms with Crippen LogP contribution in [0.1, 0.15) is 44.1 Å². The molecule has 3 atom stereocenters. The summed E-state index contributed by atoms with van der Waals surface area (Å²) in [6.07, 6.45) is 5.39. The van der Waals surface area contributed by atoms with E-state index in [1.54, 1.807) is 31.4 Å². The molecule has 0 amide bonds. The molecule has 2 aliphatic rings. The number of hydrazone groups is 1. The Labute approximate surface area is 199 Å². The van der Waals surface area contributed by atoms with Crippen LogP contribution < -0.4 is 0 Å². The van der Waals surface area contributed by atoms with Gasteiger partial charge in [0.25, 0.3) is 0 Å². The minimum Gasteiger partial charge on any atom is -0.382 e. The van der Waals surface area contributed by atoms with Gasteiger partial charge in [-0.3, -0.25) is 5.01 Å². The highest BCUT2D eigenvalue weighted by molar-refractivity contribution is 9.10. The molecule has 7 heteroatoms. The second-order valence-corrected chi connectivity index (χ2v) is 11.8. The van der Waals surface area contributed by atoms with Gasteiger partial charge in [0.05, 0.1) is 28.5 Å². The fraction of sp³-hybridized carbons (Fsp3) is 0.480. The summed E-state index contributed by atoms with van der Waals surface area (Å²) in [4.78, 5) is 0.429. The summed E-state index contributed by atoms with van der Waals surface area (Å²) < 4.78 is 33.3. The van der Waals surface area contributed by atoms with Crippen molar-refractivity contribution in [3.05, 3.63) is 64.6 Å². The van der Waals surface area contributed by atoms with Crippen LogP contribution in [0, 0.1) is 5.92 Å². The smallest absolute Gasteiger partial charge is 0.181 e. The zero-order chi connectivity index (χ0) is 22.6. The van der Waals surface area contributed by atoms with E-state index in [0.29, 0.717) is 24.3 Å². The first kappa shape index (κ1) is 23.5. The van der Waals surface area contributed by atoms with Gasteiger partial charge >= 0.3 is 0 Å². The predicted octanol–water partition coefficient (Wildman–Crippen LogP) is 5.30. The molecule has 0 N–H and O–H groups in total. The topological polar surface area (TPSA) is 59.0 Å². The summed E-state index contributed by atoms with van der Waals surface area (Å²) in [6.45, 7) is 1.57. The summed E-state index contributed by atoms with van der Waals surface area (Å²) in [5, 5.41) is 6.88. The number of methoxy groups -OCH3 is 1. The first-order chi connectivity index (χ1) is 15.5. The van der Waals surface area contributed by atoms with Crippen LogP contribution >= 0.6 is 15.9 Å². The van der Waals surface area contributed by atoms with E-state index in [-0.39, 0.29) is 17.2 Å². The SMILES string of the molecule is COC[C@@H]1CCCN1/N=C(\C[C@H]1CCC[C@@H]1S(=O)(=O)c1ccccc1)c1ccc(Br)cc1.